The lowest BCUT2D eigenvalue weighted by Gasteiger charge is -2.35. The maximum atomic E-state index is 14.3. The molecule has 0 spiro atoms. The number of carboxylic acids is 2. The van der Waals surface area contributed by atoms with Crippen LogP contribution in [0.5, 0.6) is 0 Å². The number of likely N-dealkylation sites (tertiary alicyclic amines) is 4. The number of aliphatic carboxylic acids is 2. The van der Waals surface area contributed by atoms with Crippen LogP contribution in [0.2, 0.25) is 0 Å². The summed E-state index contributed by atoms with van der Waals surface area (Å²) in [5.41, 5.74) is 16.9. The predicted molar refractivity (Wildman–Crippen MR) is 241 cm³/mol. The summed E-state index contributed by atoms with van der Waals surface area (Å²) in [6.45, 7) is 6.24. The van der Waals surface area contributed by atoms with Crippen LogP contribution in [0.1, 0.15) is 117 Å². The highest BCUT2D eigenvalue weighted by atomic mass is 16.4. The van der Waals surface area contributed by atoms with Crippen molar-refractivity contribution < 1.29 is 63.0 Å². The molecule has 0 aromatic heterocycles. The van der Waals surface area contributed by atoms with Gasteiger partial charge >= 0.3 is 11.9 Å². The van der Waals surface area contributed by atoms with Gasteiger partial charge in [-0.15, -0.1) is 0 Å². The van der Waals surface area contributed by atoms with Crippen LogP contribution in [0.3, 0.4) is 0 Å². The van der Waals surface area contributed by atoms with Crippen LogP contribution < -0.4 is 38.5 Å². The summed E-state index contributed by atoms with van der Waals surface area (Å²) < 4.78 is 0. The van der Waals surface area contributed by atoms with Gasteiger partial charge in [0.15, 0.2) is 0 Å². The minimum atomic E-state index is -1.62. The lowest BCUT2D eigenvalue weighted by molar-refractivity contribution is -0.151. The number of nitrogens with two attached hydrogens (primary N) is 3. The number of hydrogen-bond acceptors (Lipinski definition) is 13. The van der Waals surface area contributed by atoms with Gasteiger partial charge in [-0.1, -0.05) is 13.8 Å². The number of rotatable bonds is 24. The van der Waals surface area contributed by atoms with Crippen LogP contribution in [0.4, 0.5) is 0 Å². The number of nitrogens with zero attached hydrogens (tertiary/aromatic N) is 4. The van der Waals surface area contributed by atoms with Gasteiger partial charge in [-0.2, -0.15) is 0 Å². The second kappa shape index (κ2) is 25.5. The minimum Gasteiger partial charge on any atom is -0.481 e. The second-order valence-corrected chi connectivity index (χ2v) is 18.6. The van der Waals surface area contributed by atoms with Gasteiger partial charge in [0, 0.05) is 32.6 Å². The first-order chi connectivity index (χ1) is 32.2. The van der Waals surface area contributed by atoms with E-state index in [9.17, 15) is 57.8 Å². The number of carbonyl (C=O) groups excluding carboxylic acids is 9. The van der Waals surface area contributed by atoms with Crippen LogP contribution in [-0.2, 0) is 52.7 Å². The fraction of sp³-hybridized carbons (Fsp3) is 0.750. The molecule has 0 aliphatic carbocycles. The molecule has 380 valence electrons. The fourth-order valence-corrected chi connectivity index (χ4v) is 9.45. The predicted octanol–water partition coefficient (Wildman–Crippen LogP) is -2.76. The molecule has 12 N–H and O–H groups in total. The number of carboxylic acid groups (broad SMARTS) is 2. The number of amides is 9. The number of hydrogen-bond donors (Lipinski definition) is 9. The van der Waals surface area contributed by atoms with E-state index in [1.807, 2.05) is 13.8 Å². The highest BCUT2D eigenvalue weighted by Crippen LogP contribution is 2.29. The summed E-state index contributed by atoms with van der Waals surface area (Å²) >= 11 is 0. The highest BCUT2D eigenvalue weighted by Gasteiger charge is 2.47. The van der Waals surface area contributed by atoms with Crippen molar-refractivity contribution in [3.63, 3.8) is 0 Å². The third-order valence-corrected chi connectivity index (χ3v) is 13.0. The first-order valence-corrected chi connectivity index (χ1v) is 23.8. The molecule has 0 aromatic rings. The Morgan fingerprint density at radius 3 is 1.60 bits per heavy atom. The summed E-state index contributed by atoms with van der Waals surface area (Å²) in [4.78, 5) is 150. The molecule has 4 rings (SSSR count). The van der Waals surface area contributed by atoms with E-state index in [1.165, 1.54) is 26.5 Å². The van der Waals surface area contributed by atoms with E-state index < -0.39 is 126 Å². The molecule has 0 saturated carbocycles. The average Bonchev–Trinajstić information content (AvgIpc) is 4.13. The molecule has 4 fully saturated rings. The third-order valence-electron chi connectivity index (χ3n) is 13.0. The molecule has 0 radical (unpaired) electrons. The summed E-state index contributed by atoms with van der Waals surface area (Å²) in [5.74, 6) is -8.42. The van der Waals surface area contributed by atoms with E-state index in [-0.39, 0.29) is 64.2 Å². The van der Waals surface area contributed by atoms with E-state index in [1.54, 1.807) is 0 Å². The van der Waals surface area contributed by atoms with Crippen molar-refractivity contribution in [2.75, 3.05) is 32.7 Å². The summed E-state index contributed by atoms with van der Waals surface area (Å²) in [5, 5.41) is 28.7. The van der Waals surface area contributed by atoms with Crippen molar-refractivity contribution in [1.29, 1.82) is 0 Å². The molecule has 0 aromatic carbocycles. The van der Waals surface area contributed by atoms with Crippen molar-refractivity contribution in [3.8, 4) is 0 Å². The molecule has 9 amide bonds. The van der Waals surface area contributed by atoms with E-state index in [0.29, 0.717) is 64.3 Å². The molecule has 4 saturated heterocycles. The fourth-order valence-electron chi connectivity index (χ4n) is 9.45. The Morgan fingerprint density at radius 2 is 1.07 bits per heavy atom. The zero-order chi connectivity index (χ0) is 50.4. The molecule has 4 heterocycles. The van der Waals surface area contributed by atoms with E-state index in [2.05, 4.69) is 21.3 Å². The van der Waals surface area contributed by atoms with E-state index in [4.69, 9.17) is 22.3 Å². The molecule has 24 nitrogen and oxygen atoms in total. The van der Waals surface area contributed by atoms with Gasteiger partial charge in [-0.05, 0) is 103 Å². The molecule has 24 heteroatoms. The van der Waals surface area contributed by atoms with Gasteiger partial charge in [-0.25, -0.2) is 4.79 Å². The second-order valence-electron chi connectivity index (χ2n) is 18.6. The SMILES string of the molecule is CC(C)C[C@H](NC(=O)[C@@H]1CCCN1C(=O)[C@@H]1CCCN1C(=O)[C@@H]1CCCN1C(=O)[C@@H](N)CCC(=O)O)C(=O)N[C@@H](CCCCN)C(=O)N1CCC[C@H]1C(=O)N[C@@H](C)C(=O)N[C@@H](CC(N)=O)C(=O)O. The van der Waals surface area contributed by atoms with Crippen LogP contribution in [-0.4, -0.2) is 182 Å². The largest absolute Gasteiger partial charge is 0.481 e. The minimum absolute atomic E-state index is 0.0882. The number of unbranched alkanes of at least 4 members (excludes halogenated alkanes) is 1. The first-order valence-electron chi connectivity index (χ1n) is 23.8. The van der Waals surface area contributed by atoms with Crippen molar-refractivity contribution in [2.24, 2.45) is 23.1 Å². The van der Waals surface area contributed by atoms with Crippen LogP contribution in [0, 0.1) is 5.92 Å². The molecule has 9 atom stereocenters. The maximum Gasteiger partial charge on any atom is 0.326 e. The molecule has 4 aliphatic heterocycles. The van der Waals surface area contributed by atoms with Crippen molar-refractivity contribution in [2.45, 2.75) is 171 Å². The molecule has 0 bridgehead atoms. The van der Waals surface area contributed by atoms with Gasteiger partial charge in [0.25, 0.3) is 0 Å². The van der Waals surface area contributed by atoms with Crippen molar-refractivity contribution >= 4 is 65.1 Å². The normalized spacial score (nSPS) is 22.5. The van der Waals surface area contributed by atoms with Gasteiger partial charge in [0.05, 0.1) is 12.5 Å². The Kier molecular flexibility index (Phi) is 20.5. The van der Waals surface area contributed by atoms with E-state index >= 15 is 0 Å². The molecule has 4 aliphatic rings. The first kappa shape index (κ1) is 54.7. The van der Waals surface area contributed by atoms with Crippen LogP contribution >= 0.6 is 0 Å². The highest BCUT2D eigenvalue weighted by molar-refractivity contribution is 5.99. The molecular formula is C44H71N11O13. The number of nitrogens with one attached hydrogen (secondary N) is 4. The summed E-state index contributed by atoms with van der Waals surface area (Å²) in [6.07, 6.45) is 3.37. The number of carbonyl (C=O) groups is 11. The topological polar surface area (TPSA) is 367 Å². The molecule has 68 heavy (non-hydrogen) atoms. The lowest BCUT2D eigenvalue weighted by atomic mass is 10.0. The maximum absolute atomic E-state index is 14.3. The monoisotopic (exact) mass is 962 g/mol. The van der Waals surface area contributed by atoms with Crippen LogP contribution in [0.25, 0.3) is 0 Å². The number of primary amides is 1. The summed E-state index contributed by atoms with van der Waals surface area (Å²) in [6, 6.07) is -10.0. The van der Waals surface area contributed by atoms with Crippen molar-refractivity contribution in [1.82, 2.24) is 40.9 Å². The Hall–Kier alpha value is -5.91. The van der Waals surface area contributed by atoms with Crippen molar-refractivity contribution in [3.05, 3.63) is 0 Å². The lowest BCUT2D eigenvalue weighted by Crippen LogP contribution is -2.59. The quantitative estimate of drug-likeness (QED) is 0.0443. The summed E-state index contributed by atoms with van der Waals surface area (Å²) in [7, 11) is 0. The van der Waals surface area contributed by atoms with Gasteiger partial charge < -0.3 is 68.3 Å². The van der Waals surface area contributed by atoms with Gasteiger partial charge in [0.1, 0.15) is 48.3 Å². The van der Waals surface area contributed by atoms with Gasteiger partial charge in [0.2, 0.25) is 53.2 Å². The zero-order valence-corrected chi connectivity index (χ0v) is 39.3. The van der Waals surface area contributed by atoms with Crippen LogP contribution in [0.15, 0.2) is 0 Å². The Morgan fingerprint density at radius 1 is 0.588 bits per heavy atom. The Bertz CT molecular complexity index is 1900. The third kappa shape index (κ3) is 14.5. The Labute approximate surface area is 395 Å². The Balaban J connectivity index is 1.44. The smallest absolute Gasteiger partial charge is 0.326 e. The van der Waals surface area contributed by atoms with Gasteiger partial charge in [-0.3, -0.25) is 47.9 Å². The standard InChI is InChI=1S/C44H71N11O13/c1-24(2)22-28(37(60)49-27(10-4-5-17-45)41(64)52-18-6-11-30(52)38(61)48-25(3)36(59)51-29(44(67)68)23-34(47)56)50-39(62)31-12-7-19-53(31)42(65)33-14-9-21-55(33)43(66)32-13-8-20-54(32)40(63)26(46)15-16-35(57)58/h24-33H,4-23,45-46H2,1-3H3,(H2,47,56)(H,48,61)(H,49,60)(H,50,62)(H,51,59)(H,57,58)(H,67,68)/t25-,26-,27-,28-,29-,30-,31-,32-,33-/m0/s1. The van der Waals surface area contributed by atoms with E-state index in [0.717, 1.165) is 0 Å². The zero-order valence-electron chi connectivity index (χ0n) is 39.3. The average molecular weight is 962 g/mol. The molecular weight excluding hydrogens is 891 g/mol. The molecule has 0 unspecified atom stereocenters.